The van der Waals surface area contributed by atoms with Crippen LogP contribution in [0, 0.1) is 5.92 Å². The zero-order valence-electron chi connectivity index (χ0n) is 19.8. The predicted octanol–water partition coefficient (Wildman–Crippen LogP) is 5.09. The lowest BCUT2D eigenvalue weighted by Gasteiger charge is -2.32. The molecule has 2 aliphatic heterocycles. The summed E-state index contributed by atoms with van der Waals surface area (Å²) in [4.78, 5) is 20.5. The first-order valence-corrected chi connectivity index (χ1v) is 12.5. The van der Waals surface area contributed by atoms with Crippen molar-refractivity contribution >= 4 is 54.2 Å². The number of pyridine rings is 1. The van der Waals surface area contributed by atoms with Crippen LogP contribution >= 0.6 is 36.6 Å². The summed E-state index contributed by atoms with van der Waals surface area (Å²) in [5.74, 6) is 1.55. The van der Waals surface area contributed by atoms with E-state index in [1.807, 2.05) is 42.6 Å². The van der Waals surface area contributed by atoms with Crippen molar-refractivity contribution < 1.29 is 9.53 Å². The van der Waals surface area contributed by atoms with E-state index in [4.69, 9.17) is 4.74 Å². The Bertz CT molecular complexity index is 1180. The second-order valence-electron chi connectivity index (χ2n) is 8.76. The maximum atomic E-state index is 12.8. The number of aromatic nitrogens is 2. The van der Waals surface area contributed by atoms with Gasteiger partial charge in [0.25, 0.3) is 5.91 Å². The van der Waals surface area contributed by atoms with Crippen LogP contribution in [0.2, 0.25) is 0 Å². The molecule has 0 atom stereocenters. The van der Waals surface area contributed by atoms with Crippen LogP contribution in [0.3, 0.4) is 0 Å². The number of nitrogens with zero attached hydrogens (tertiary/aromatic N) is 3. The van der Waals surface area contributed by atoms with Crippen molar-refractivity contribution in [3.8, 4) is 5.75 Å². The number of hydrogen-bond acceptors (Lipinski definition) is 5. The highest BCUT2D eigenvalue weighted by molar-refractivity contribution is 8.04. The third-order valence-electron chi connectivity index (χ3n) is 6.61. The Balaban J connectivity index is 0.00000171. The molecule has 2 aliphatic rings. The smallest absolute Gasteiger partial charge is 0.258 e. The van der Waals surface area contributed by atoms with Gasteiger partial charge in [0, 0.05) is 6.54 Å². The van der Waals surface area contributed by atoms with Gasteiger partial charge >= 0.3 is 0 Å². The van der Waals surface area contributed by atoms with Crippen LogP contribution in [-0.2, 0) is 11.2 Å². The van der Waals surface area contributed by atoms with Crippen LogP contribution in [0.15, 0.2) is 58.6 Å². The molecular formula is C26H32Cl2N4O2S. The Hall–Kier alpha value is -2.19. The lowest BCUT2D eigenvalue weighted by atomic mass is 9.96. The first-order chi connectivity index (χ1) is 16.2. The number of likely N-dealkylation sites (tertiary alicyclic amines) is 1. The fourth-order valence-corrected chi connectivity index (χ4v) is 5.75. The molecule has 1 N–H and O–H groups in total. The molecule has 0 unspecified atom stereocenters. The van der Waals surface area contributed by atoms with Gasteiger partial charge in [-0.05, 0) is 81.1 Å². The molecule has 1 amide bonds. The summed E-state index contributed by atoms with van der Waals surface area (Å²) in [5, 5.41) is 4.22. The van der Waals surface area contributed by atoms with Gasteiger partial charge in [-0.2, -0.15) is 0 Å². The number of ether oxygens (including phenoxy) is 1. The fourth-order valence-electron chi connectivity index (χ4n) is 4.74. The molecule has 2 aromatic heterocycles. The maximum Gasteiger partial charge on any atom is 0.258 e. The lowest BCUT2D eigenvalue weighted by molar-refractivity contribution is -0.117. The van der Waals surface area contributed by atoms with Crippen LogP contribution in [-0.4, -0.2) is 53.5 Å². The standard InChI is InChI=1S/C26H30N4O2S.2ClH/c1-32-22-8-3-2-6-20(22)7-5-13-29-14-11-19(12-15-29)17-28-26(31)23-16-21-18-27-24-9-4-10-25(33-23)30(21)24;;/h2-4,6,8-10,16,18-19H,5,7,11-15,17H2,1H3,(H,28,31);2*1H. The number of amides is 1. The van der Waals surface area contributed by atoms with E-state index in [2.05, 4.69) is 31.7 Å². The van der Waals surface area contributed by atoms with E-state index in [-0.39, 0.29) is 30.7 Å². The number of piperidine rings is 1. The zero-order chi connectivity index (χ0) is 22.6. The van der Waals surface area contributed by atoms with Crippen molar-refractivity contribution in [1.29, 1.82) is 0 Å². The first kappa shape index (κ1) is 27.4. The van der Waals surface area contributed by atoms with Crippen molar-refractivity contribution in [3.63, 3.8) is 0 Å². The highest BCUT2D eigenvalue weighted by atomic mass is 35.5. The van der Waals surface area contributed by atoms with E-state index in [1.54, 1.807) is 7.11 Å². The number of hydrogen-bond donors (Lipinski definition) is 1. The highest BCUT2D eigenvalue weighted by Crippen LogP contribution is 2.34. The van der Waals surface area contributed by atoms with E-state index in [0.717, 1.165) is 78.9 Å². The Morgan fingerprint density at radius 2 is 1.94 bits per heavy atom. The van der Waals surface area contributed by atoms with Gasteiger partial charge in [-0.25, -0.2) is 4.98 Å². The largest absolute Gasteiger partial charge is 0.496 e. The van der Waals surface area contributed by atoms with Crippen LogP contribution in [0.4, 0.5) is 0 Å². The number of nitrogens with one attached hydrogen (secondary N) is 1. The van der Waals surface area contributed by atoms with Crippen LogP contribution in [0.5, 0.6) is 5.75 Å². The quantitative estimate of drug-likeness (QED) is 0.435. The Morgan fingerprint density at radius 1 is 1.14 bits per heavy atom. The number of halogens is 2. The SMILES string of the molecule is COc1ccccc1CCCN1CCC(CNC(=O)C2=Cc3cnc4cccc(n34)S2)CC1.Cl.Cl. The lowest BCUT2D eigenvalue weighted by Crippen LogP contribution is -2.39. The molecule has 0 radical (unpaired) electrons. The second kappa shape index (κ2) is 12.7. The van der Waals surface area contributed by atoms with Gasteiger partial charge in [-0.3, -0.25) is 9.20 Å². The van der Waals surface area contributed by atoms with Gasteiger partial charge < -0.3 is 15.0 Å². The number of para-hydroxylation sites is 1. The van der Waals surface area contributed by atoms with E-state index < -0.39 is 0 Å². The number of benzene rings is 1. The monoisotopic (exact) mass is 534 g/mol. The van der Waals surface area contributed by atoms with Crippen molar-refractivity contribution in [2.45, 2.75) is 30.7 Å². The van der Waals surface area contributed by atoms with Crippen LogP contribution in [0.25, 0.3) is 11.7 Å². The van der Waals surface area contributed by atoms with Gasteiger partial charge in [0.1, 0.15) is 11.4 Å². The van der Waals surface area contributed by atoms with Crippen molar-refractivity contribution in [3.05, 3.63) is 64.8 Å². The summed E-state index contributed by atoms with van der Waals surface area (Å²) >= 11 is 1.51. The first-order valence-electron chi connectivity index (χ1n) is 11.7. The molecule has 1 saturated heterocycles. The molecule has 0 saturated carbocycles. The minimum Gasteiger partial charge on any atom is -0.496 e. The topological polar surface area (TPSA) is 58.9 Å². The van der Waals surface area contributed by atoms with Gasteiger partial charge in [-0.1, -0.05) is 36.0 Å². The molecular weight excluding hydrogens is 503 g/mol. The minimum atomic E-state index is 0. The molecule has 188 valence electrons. The van der Waals surface area contributed by atoms with Crippen LogP contribution < -0.4 is 10.1 Å². The average molecular weight is 536 g/mol. The van der Waals surface area contributed by atoms with E-state index in [0.29, 0.717) is 5.92 Å². The van der Waals surface area contributed by atoms with Crippen molar-refractivity contribution in [1.82, 2.24) is 19.6 Å². The molecule has 0 spiro atoms. The summed E-state index contributed by atoms with van der Waals surface area (Å²) in [7, 11) is 1.74. The summed E-state index contributed by atoms with van der Waals surface area (Å²) in [5.41, 5.74) is 3.16. The number of rotatable bonds is 8. The molecule has 4 heterocycles. The van der Waals surface area contributed by atoms with Gasteiger partial charge in [0.15, 0.2) is 0 Å². The molecule has 5 rings (SSSR count). The van der Waals surface area contributed by atoms with E-state index in [1.165, 1.54) is 17.3 Å². The van der Waals surface area contributed by atoms with Crippen molar-refractivity contribution in [2.75, 3.05) is 33.3 Å². The van der Waals surface area contributed by atoms with Gasteiger partial charge in [0.2, 0.25) is 0 Å². The molecule has 9 heteroatoms. The zero-order valence-corrected chi connectivity index (χ0v) is 22.3. The third-order valence-corrected chi connectivity index (χ3v) is 7.66. The van der Waals surface area contributed by atoms with Crippen molar-refractivity contribution in [2.24, 2.45) is 5.92 Å². The molecule has 1 aromatic carbocycles. The van der Waals surface area contributed by atoms with E-state index in [9.17, 15) is 4.79 Å². The summed E-state index contributed by atoms with van der Waals surface area (Å²) in [6, 6.07) is 14.3. The molecule has 1 fully saturated rings. The molecule has 0 bridgehead atoms. The maximum absolute atomic E-state index is 12.8. The minimum absolute atomic E-state index is 0. The third kappa shape index (κ3) is 6.33. The normalized spacial score (nSPS) is 15.6. The number of carbonyl (C=O) groups is 1. The Labute approximate surface area is 223 Å². The number of methoxy groups -OCH3 is 1. The number of imidazole rings is 1. The second-order valence-corrected chi connectivity index (χ2v) is 9.82. The highest BCUT2D eigenvalue weighted by Gasteiger charge is 2.23. The van der Waals surface area contributed by atoms with Crippen LogP contribution in [0.1, 0.15) is 30.5 Å². The summed E-state index contributed by atoms with van der Waals surface area (Å²) in [6.45, 7) is 4.06. The molecule has 3 aromatic rings. The molecule has 0 aliphatic carbocycles. The fraction of sp³-hybridized carbons (Fsp3) is 0.385. The number of carbonyl (C=O) groups excluding carboxylic acids is 1. The van der Waals surface area contributed by atoms with Gasteiger partial charge in [-0.15, -0.1) is 24.8 Å². The van der Waals surface area contributed by atoms with Gasteiger partial charge in [0.05, 0.1) is 28.9 Å². The number of thioether (sulfide) groups is 1. The number of aryl methyl sites for hydroxylation is 1. The summed E-state index contributed by atoms with van der Waals surface area (Å²) < 4.78 is 7.55. The van der Waals surface area contributed by atoms with E-state index >= 15 is 0 Å². The average Bonchev–Trinajstić information content (AvgIpc) is 3.28. The Morgan fingerprint density at radius 3 is 2.74 bits per heavy atom. The molecule has 35 heavy (non-hydrogen) atoms. The summed E-state index contributed by atoms with van der Waals surface area (Å²) in [6.07, 6.45) is 8.21. The molecule has 6 nitrogen and oxygen atoms in total. The predicted molar refractivity (Wildman–Crippen MR) is 147 cm³/mol. The Kier molecular flexibility index (Phi) is 9.92.